The predicted octanol–water partition coefficient (Wildman–Crippen LogP) is -0.975. The molecule has 0 fully saturated rings. The summed E-state index contributed by atoms with van der Waals surface area (Å²) < 4.78 is 0. The van der Waals surface area contributed by atoms with Crippen molar-refractivity contribution in [2.45, 2.75) is 75.5 Å². The summed E-state index contributed by atoms with van der Waals surface area (Å²) in [6.07, 6.45) is 5.96. The van der Waals surface area contributed by atoms with Gasteiger partial charge in [-0.05, 0) is 62.9 Å². The molecule has 226 valence electrons. The predicted molar refractivity (Wildman–Crippen MR) is 151 cm³/mol. The molecule has 2 rings (SSSR count). The molecule has 4 unspecified atom stereocenters. The topological polar surface area (TPSA) is 252 Å². The average Bonchev–Trinajstić information content (AvgIpc) is 3.46. The second-order valence-corrected chi connectivity index (χ2v) is 9.85. The number of nitrogens with zero attached hydrogens (tertiary/aromatic N) is 1. The summed E-state index contributed by atoms with van der Waals surface area (Å²) in [5, 5.41) is 27.1. The number of carboxylic acid groups (broad SMARTS) is 1. The van der Waals surface area contributed by atoms with Gasteiger partial charge in [0.1, 0.15) is 23.9 Å². The van der Waals surface area contributed by atoms with Crippen molar-refractivity contribution in [1.82, 2.24) is 25.9 Å². The number of imidazole rings is 1. The highest BCUT2D eigenvalue weighted by molar-refractivity contribution is 5.94. The van der Waals surface area contributed by atoms with Crippen molar-refractivity contribution < 1.29 is 29.4 Å². The summed E-state index contributed by atoms with van der Waals surface area (Å²) in [6.45, 7) is 0.860. The van der Waals surface area contributed by atoms with E-state index in [2.05, 4.69) is 25.9 Å². The SMILES string of the molecule is NCCCCC(N)C(=O)NC(Cc1cnc[nH]1)C(=O)NC(Cc1ccc(O)cc1)C(=O)NC(CCCCN)C(=O)O. The van der Waals surface area contributed by atoms with E-state index in [1.807, 2.05) is 0 Å². The lowest BCUT2D eigenvalue weighted by molar-refractivity contribution is -0.142. The maximum absolute atomic E-state index is 13.5. The minimum Gasteiger partial charge on any atom is -0.508 e. The van der Waals surface area contributed by atoms with Crippen LogP contribution in [0.1, 0.15) is 49.8 Å². The third-order valence-corrected chi connectivity index (χ3v) is 6.49. The molecule has 0 aliphatic rings. The van der Waals surface area contributed by atoms with Crippen LogP contribution in [0, 0.1) is 0 Å². The van der Waals surface area contributed by atoms with E-state index in [0.29, 0.717) is 56.5 Å². The van der Waals surface area contributed by atoms with Crippen molar-refractivity contribution >= 4 is 23.7 Å². The number of aromatic amines is 1. The number of nitrogens with one attached hydrogen (secondary N) is 4. The monoisotopic (exact) mass is 574 g/mol. The van der Waals surface area contributed by atoms with Gasteiger partial charge in [-0.1, -0.05) is 18.6 Å². The van der Waals surface area contributed by atoms with Crippen LogP contribution in [0.5, 0.6) is 5.75 Å². The Bertz CT molecular complexity index is 1100. The Morgan fingerprint density at radius 1 is 0.805 bits per heavy atom. The highest BCUT2D eigenvalue weighted by Gasteiger charge is 2.31. The molecule has 41 heavy (non-hydrogen) atoms. The molecule has 0 aliphatic heterocycles. The van der Waals surface area contributed by atoms with E-state index in [4.69, 9.17) is 17.2 Å². The van der Waals surface area contributed by atoms with Crippen LogP contribution >= 0.6 is 0 Å². The minimum absolute atomic E-state index is 0.00365. The normalized spacial score (nSPS) is 13.9. The molecule has 0 aliphatic carbocycles. The van der Waals surface area contributed by atoms with Gasteiger partial charge in [0.2, 0.25) is 17.7 Å². The number of benzene rings is 1. The molecule has 0 spiro atoms. The maximum Gasteiger partial charge on any atom is 0.326 e. The van der Waals surface area contributed by atoms with Gasteiger partial charge in [0.15, 0.2) is 0 Å². The smallest absolute Gasteiger partial charge is 0.326 e. The molecule has 4 atom stereocenters. The summed E-state index contributed by atoms with van der Waals surface area (Å²) in [4.78, 5) is 58.3. The number of hydrogen-bond acceptors (Lipinski definition) is 9. The fraction of sp³-hybridized carbons (Fsp3) is 0.519. The molecule has 3 amide bonds. The van der Waals surface area contributed by atoms with Gasteiger partial charge < -0.3 is 48.3 Å². The number of aromatic nitrogens is 2. The lowest BCUT2D eigenvalue weighted by Gasteiger charge is -2.25. The first kappa shape index (κ1) is 33.2. The van der Waals surface area contributed by atoms with Gasteiger partial charge in [-0.2, -0.15) is 0 Å². The second kappa shape index (κ2) is 17.6. The third-order valence-electron chi connectivity index (χ3n) is 6.49. The summed E-state index contributed by atoms with van der Waals surface area (Å²) in [7, 11) is 0. The van der Waals surface area contributed by atoms with Crippen LogP contribution in [-0.4, -0.2) is 81.1 Å². The van der Waals surface area contributed by atoms with Gasteiger partial charge in [0.05, 0.1) is 12.4 Å². The molecule has 14 nitrogen and oxygen atoms in total. The quantitative estimate of drug-likeness (QED) is 0.0927. The Balaban J connectivity index is 2.24. The molecule has 1 aromatic heterocycles. The van der Waals surface area contributed by atoms with E-state index in [0.717, 1.165) is 0 Å². The molecule has 1 heterocycles. The first-order chi connectivity index (χ1) is 19.6. The van der Waals surface area contributed by atoms with Crippen molar-refractivity contribution in [3.05, 3.63) is 48.0 Å². The number of aliphatic carboxylic acids is 1. The van der Waals surface area contributed by atoms with Crippen LogP contribution in [0.15, 0.2) is 36.8 Å². The maximum atomic E-state index is 13.5. The molecular formula is C27H42N8O6. The molecular weight excluding hydrogens is 532 g/mol. The van der Waals surface area contributed by atoms with Crippen LogP contribution in [0.4, 0.5) is 0 Å². The number of hydrogen-bond donors (Lipinski definition) is 9. The van der Waals surface area contributed by atoms with E-state index < -0.39 is 47.9 Å². The summed E-state index contributed by atoms with van der Waals surface area (Å²) in [5.41, 5.74) is 18.2. The Morgan fingerprint density at radius 3 is 1.93 bits per heavy atom. The van der Waals surface area contributed by atoms with E-state index in [1.54, 1.807) is 12.1 Å². The summed E-state index contributed by atoms with van der Waals surface area (Å²) in [6, 6.07) is 1.70. The first-order valence-corrected chi connectivity index (χ1v) is 13.7. The van der Waals surface area contributed by atoms with E-state index >= 15 is 0 Å². The standard InChI is InChI=1S/C27H42N8O6/c28-11-3-1-5-20(30)24(37)34-23(14-18-15-31-16-32-18)26(39)35-22(13-17-7-9-19(36)10-8-17)25(38)33-21(27(40)41)6-2-4-12-29/h7-10,15-16,20-23,36H,1-6,11-14,28-30H2,(H,31,32)(H,33,38)(H,34,37)(H,35,39)(H,40,41). The number of amides is 3. The van der Waals surface area contributed by atoms with Gasteiger partial charge in [-0.15, -0.1) is 0 Å². The van der Waals surface area contributed by atoms with Crippen LogP contribution in [0.25, 0.3) is 0 Å². The minimum atomic E-state index is -1.21. The Hall–Kier alpha value is -4.01. The fourth-order valence-electron chi connectivity index (χ4n) is 4.12. The van der Waals surface area contributed by atoms with Gasteiger partial charge in [-0.25, -0.2) is 9.78 Å². The molecule has 0 saturated heterocycles. The third kappa shape index (κ3) is 11.9. The average molecular weight is 575 g/mol. The second-order valence-electron chi connectivity index (χ2n) is 9.85. The van der Waals surface area contributed by atoms with Crippen molar-refractivity contribution in [3.8, 4) is 5.75 Å². The van der Waals surface area contributed by atoms with Gasteiger partial charge in [-0.3, -0.25) is 14.4 Å². The van der Waals surface area contributed by atoms with Gasteiger partial charge in [0.25, 0.3) is 0 Å². The number of rotatable bonds is 19. The molecule has 14 heteroatoms. The molecule has 0 bridgehead atoms. The van der Waals surface area contributed by atoms with Crippen molar-refractivity contribution in [1.29, 1.82) is 0 Å². The molecule has 0 saturated carbocycles. The summed E-state index contributed by atoms with van der Waals surface area (Å²) >= 11 is 0. The lowest BCUT2D eigenvalue weighted by Crippen LogP contribution is -2.58. The van der Waals surface area contributed by atoms with Crippen LogP contribution in [-0.2, 0) is 32.0 Å². The molecule has 2 aromatic rings. The van der Waals surface area contributed by atoms with Crippen molar-refractivity contribution in [3.63, 3.8) is 0 Å². The Kier molecular flexibility index (Phi) is 14.3. The van der Waals surface area contributed by atoms with Crippen LogP contribution in [0.3, 0.4) is 0 Å². The summed E-state index contributed by atoms with van der Waals surface area (Å²) in [5.74, 6) is -3.10. The van der Waals surface area contributed by atoms with Crippen molar-refractivity contribution in [2.75, 3.05) is 13.1 Å². The lowest BCUT2D eigenvalue weighted by atomic mass is 10.0. The Labute approximate surface area is 238 Å². The number of nitrogens with two attached hydrogens (primary N) is 3. The number of aromatic hydroxyl groups is 1. The number of phenolic OH excluding ortho intramolecular Hbond substituents is 1. The Morgan fingerprint density at radius 2 is 1.37 bits per heavy atom. The zero-order valence-corrected chi connectivity index (χ0v) is 23.1. The van der Waals surface area contributed by atoms with E-state index in [-0.39, 0.29) is 25.0 Å². The number of carbonyl (C=O) groups excluding carboxylic acids is 3. The zero-order valence-electron chi connectivity index (χ0n) is 23.1. The number of carbonyl (C=O) groups is 4. The van der Waals surface area contributed by atoms with E-state index in [9.17, 15) is 29.4 Å². The van der Waals surface area contributed by atoms with E-state index in [1.165, 1.54) is 24.7 Å². The highest BCUT2D eigenvalue weighted by Crippen LogP contribution is 2.13. The highest BCUT2D eigenvalue weighted by atomic mass is 16.4. The largest absolute Gasteiger partial charge is 0.508 e. The number of phenols is 1. The van der Waals surface area contributed by atoms with Crippen LogP contribution < -0.4 is 33.2 Å². The number of unbranched alkanes of at least 4 members (excludes halogenated alkanes) is 2. The number of H-pyrrole nitrogens is 1. The van der Waals surface area contributed by atoms with Gasteiger partial charge >= 0.3 is 5.97 Å². The number of carboxylic acids is 1. The van der Waals surface area contributed by atoms with Crippen LogP contribution in [0.2, 0.25) is 0 Å². The zero-order chi connectivity index (χ0) is 30.2. The first-order valence-electron chi connectivity index (χ1n) is 13.7. The van der Waals surface area contributed by atoms with Crippen molar-refractivity contribution in [2.24, 2.45) is 17.2 Å². The van der Waals surface area contributed by atoms with Gasteiger partial charge in [0, 0.05) is 24.7 Å². The molecule has 0 radical (unpaired) electrons. The molecule has 12 N–H and O–H groups in total. The molecule has 1 aromatic carbocycles. The fourth-order valence-corrected chi connectivity index (χ4v) is 4.12.